The van der Waals surface area contributed by atoms with Crippen molar-refractivity contribution in [3.63, 3.8) is 0 Å². The molecule has 0 N–H and O–H groups in total. The Morgan fingerprint density at radius 3 is 2.57 bits per heavy atom. The second-order valence-corrected chi connectivity index (χ2v) is 4.16. The number of rotatable bonds is 3. The molecular weight excluding hydrogens is 195 g/mol. The highest BCUT2D eigenvalue weighted by molar-refractivity contribution is 7.51. The van der Waals surface area contributed by atoms with Crippen LogP contribution in [0.3, 0.4) is 0 Å². The fourth-order valence-corrected chi connectivity index (χ4v) is 1.84. The number of esters is 1. The van der Waals surface area contributed by atoms with Crippen molar-refractivity contribution in [1.82, 2.24) is 0 Å². The monoisotopic (exact) mass is 208 g/mol. The first-order valence-corrected chi connectivity index (χ1v) is 5.41. The second-order valence-electron chi connectivity index (χ2n) is 2.75. The fraction of sp³-hybridized carbons (Fsp3) is 0.273. The molecule has 0 saturated heterocycles. The number of benzene rings is 1. The minimum absolute atomic E-state index is 0.210. The lowest BCUT2D eigenvalue weighted by Gasteiger charge is -2.00. The summed E-state index contributed by atoms with van der Waals surface area (Å²) in [6.45, 7) is 4.04. The average Bonchev–Trinajstić information content (AvgIpc) is 2.19. The Labute approximate surface area is 85.7 Å². The maximum absolute atomic E-state index is 11.3. The highest BCUT2D eigenvalue weighted by atomic mass is 31.1. The first-order valence-electron chi connectivity index (χ1n) is 4.51. The molecule has 0 amide bonds. The van der Waals surface area contributed by atoms with E-state index in [2.05, 4.69) is 0 Å². The van der Waals surface area contributed by atoms with Gasteiger partial charge in [0.05, 0.1) is 11.9 Å². The van der Waals surface area contributed by atoms with Gasteiger partial charge in [-0.25, -0.2) is 4.79 Å². The summed E-state index contributed by atoms with van der Waals surface area (Å²) in [4.78, 5) is 11.3. The maximum Gasteiger partial charge on any atom is 0.338 e. The van der Waals surface area contributed by atoms with Crippen molar-refractivity contribution >= 4 is 24.8 Å². The molecule has 0 heterocycles. The van der Waals surface area contributed by atoms with E-state index >= 15 is 0 Å². The molecule has 0 atom stereocenters. The van der Waals surface area contributed by atoms with Crippen LogP contribution in [0.25, 0.3) is 0 Å². The van der Waals surface area contributed by atoms with Gasteiger partial charge in [-0.15, -0.1) is 0 Å². The van der Waals surface area contributed by atoms with E-state index in [1.165, 1.54) is 0 Å². The second kappa shape index (κ2) is 5.56. The van der Waals surface area contributed by atoms with Gasteiger partial charge in [0, 0.05) is 5.30 Å². The van der Waals surface area contributed by atoms with Crippen LogP contribution in [0.2, 0.25) is 0 Å². The minimum Gasteiger partial charge on any atom is -0.462 e. The molecule has 0 spiro atoms. The molecule has 0 aromatic heterocycles. The van der Waals surface area contributed by atoms with Gasteiger partial charge in [-0.3, -0.25) is 0 Å². The lowest BCUT2D eigenvalue weighted by Crippen LogP contribution is -2.13. The van der Waals surface area contributed by atoms with Crippen molar-refractivity contribution in [2.24, 2.45) is 0 Å². The Hall–Kier alpha value is -1.14. The van der Waals surface area contributed by atoms with Crippen LogP contribution in [0.4, 0.5) is 0 Å². The summed E-state index contributed by atoms with van der Waals surface area (Å²) in [7, 11) is 0.922. The standard InChI is InChI=1S/C11H13O2P/c1-3-13-11(12)9(2)14-10-7-5-4-6-8-10/h4-8H,3H2,1-2H3. The number of ether oxygens (including phenoxy) is 1. The third kappa shape index (κ3) is 3.31. The smallest absolute Gasteiger partial charge is 0.338 e. The van der Waals surface area contributed by atoms with E-state index in [-0.39, 0.29) is 5.97 Å². The number of carbonyl (C=O) groups excluding carboxylic acids is 1. The van der Waals surface area contributed by atoms with Crippen molar-refractivity contribution in [1.29, 1.82) is 0 Å². The van der Waals surface area contributed by atoms with Crippen LogP contribution >= 0.6 is 8.20 Å². The number of carbonyl (C=O) groups is 1. The molecule has 0 aliphatic heterocycles. The summed E-state index contributed by atoms with van der Waals surface area (Å²) in [5.41, 5.74) is 0. The van der Waals surface area contributed by atoms with Crippen LogP contribution in [-0.4, -0.2) is 17.9 Å². The average molecular weight is 208 g/mol. The van der Waals surface area contributed by atoms with Gasteiger partial charge in [-0.2, -0.15) is 0 Å². The predicted octanol–water partition coefficient (Wildman–Crippen LogP) is 2.01. The van der Waals surface area contributed by atoms with Gasteiger partial charge in [-0.05, 0) is 13.8 Å². The maximum atomic E-state index is 11.3. The molecule has 14 heavy (non-hydrogen) atoms. The van der Waals surface area contributed by atoms with Crippen LogP contribution in [0.1, 0.15) is 13.8 Å². The molecule has 3 heteroatoms. The topological polar surface area (TPSA) is 26.3 Å². The van der Waals surface area contributed by atoms with Gasteiger partial charge in [0.1, 0.15) is 0 Å². The lowest BCUT2D eigenvalue weighted by molar-refractivity contribution is -0.134. The molecule has 0 saturated carbocycles. The van der Waals surface area contributed by atoms with Crippen molar-refractivity contribution in [2.75, 3.05) is 6.61 Å². The molecule has 0 radical (unpaired) electrons. The summed E-state index contributed by atoms with van der Waals surface area (Å²) < 4.78 is 4.89. The van der Waals surface area contributed by atoms with Crippen molar-refractivity contribution in [2.45, 2.75) is 13.8 Å². The Kier molecular flexibility index (Phi) is 4.34. The Bertz CT molecular complexity index is 330. The lowest BCUT2D eigenvalue weighted by atomic mass is 10.4. The number of hydrogen-bond donors (Lipinski definition) is 0. The van der Waals surface area contributed by atoms with E-state index in [9.17, 15) is 4.79 Å². The molecule has 2 nitrogen and oxygen atoms in total. The zero-order chi connectivity index (χ0) is 10.4. The summed E-state index contributed by atoms with van der Waals surface area (Å²) in [5, 5.41) is 1.83. The third-order valence-electron chi connectivity index (χ3n) is 1.62. The highest BCUT2D eigenvalue weighted by Crippen LogP contribution is 2.02. The molecule has 1 rings (SSSR count). The Morgan fingerprint density at radius 1 is 1.36 bits per heavy atom. The van der Waals surface area contributed by atoms with Gasteiger partial charge < -0.3 is 4.74 Å². The summed E-state index contributed by atoms with van der Waals surface area (Å²) in [5.74, 6) is -0.210. The van der Waals surface area contributed by atoms with Crippen molar-refractivity contribution in [3.8, 4) is 0 Å². The number of hydrogen-bond acceptors (Lipinski definition) is 2. The largest absolute Gasteiger partial charge is 0.462 e. The molecule has 1 aromatic carbocycles. The van der Waals surface area contributed by atoms with E-state index in [4.69, 9.17) is 4.74 Å². The van der Waals surface area contributed by atoms with Gasteiger partial charge >= 0.3 is 5.97 Å². The van der Waals surface area contributed by atoms with E-state index in [1.54, 1.807) is 6.92 Å². The molecule has 0 aliphatic rings. The molecule has 74 valence electrons. The van der Waals surface area contributed by atoms with Crippen LogP contribution in [-0.2, 0) is 9.53 Å². The van der Waals surface area contributed by atoms with Gasteiger partial charge in [0.15, 0.2) is 0 Å². The first-order chi connectivity index (χ1) is 6.74. The van der Waals surface area contributed by atoms with Gasteiger partial charge in [0.25, 0.3) is 0 Å². The SMILES string of the molecule is CCOC(=O)C(C)=Pc1ccccc1. The van der Waals surface area contributed by atoms with Crippen LogP contribution < -0.4 is 5.30 Å². The van der Waals surface area contributed by atoms with Crippen LogP contribution in [0, 0.1) is 0 Å². The van der Waals surface area contributed by atoms with Gasteiger partial charge in [0.2, 0.25) is 0 Å². The van der Waals surface area contributed by atoms with E-state index < -0.39 is 0 Å². The van der Waals surface area contributed by atoms with Crippen molar-refractivity contribution < 1.29 is 9.53 Å². The first kappa shape index (κ1) is 10.9. The molecule has 0 fully saturated rings. The Balaban J connectivity index is 2.74. The summed E-state index contributed by atoms with van der Waals surface area (Å²) in [6.07, 6.45) is 0. The zero-order valence-electron chi connectivity index (χ0n) is 8.36. The Morgan fingerprint density at radius 2 is 2.00 bits per heavy atom. The quantitative estimate of drug-likeness (QED) is 0.561. The van der Waals surface area contributed by atoms with E-state index in [1.807, 2.05) is 37.3 Å². The van der Waals surface area contributed by atoms with E-state index in [0.29, 0.717) is 6.61 Å². The molecule has 0 aliphatic carbocycles. The van der Waals surface area contributed by atoms with E-state index in [0.717, 1.165) is 18.8 Å². The van der Waals surface area contributed by atoms with Crippen molar-refractivity contribution in [3.05, 3.63) is 30.3 Å². The summed E-state index contributed by atoms with van der Waals surface area (Å²) >= 11 is 0. The molecular formula is C11H13O2P. The fourth-order valence-electron chi connectivity index (χ4n) is 0.977. The highest BCUT2D eigenvalue weighted by Gasteiger charge is 2.04. The predicted molar refractivity (Wildman–Crippen MR) is 60.3 cm³/mol. The van der Waals surface area contributed by atoms with Crippen LogP contribution in [0.5, 0.6) is 0 Å². The molecule has 0 bridgehead atoms. The normalized spacial score (nSPS) is 11.1. The summed E-state index contributed by atoms with van der Waals surface area (Å²) in [6, 6.07) is 9.86. The van der Waals surface area contributed by atoms with Gasteiger partial charge in [-0.1, -0.05) is 38.5 Å². The molecule has 0 unspecified atom stereocenters. The zero-order valence-corrected chi connectivity index (χ0v) is 9.25. The molecule has 1 aromatic rings. The minimum atomic E-state index is -0.210. The van der Waals surface area contributed by atoms with Crippen LogP contribution in [0.15, 0.2) is 30.3 Å². The third-order valence-corrected chi connectivity index (χ3v) is 2.70.